The monoisotopic (exact) mass is 354 g/mol. The third-order valence-corrected chi connectivity index (χ3v) is 3.84. The van der Waals surface area contributed by atoms with Crippen molar-refractivity contribution in [3.05, 3.63) is 65.7 Å². The van der Waals surface area contributed by atoms with Gasteiger partial charge in [0.25, 0.3) is 5.91 Å². The summed E-state index contributed by atoms with van der Waals surface area (Å²) in [6.07, 6.45) is 0.285. The van der Waals surface area contributed by atoms with E-state index < -0.39 is 5.97 Å². The number of carboxylic acids is 1. The van der Waals surface area contributed by atoms with Crippen molar-refractivity contribution < 1.29 is 19.5 Å². The molecule has 0 aliphatic carbocycles. The van der Waals surface area contributed by atoms with Gasteiger partial charge in [-0.3, -0.25) is 14.4 Å². The molecular formula is C20H22N2O4. The summed E-state index contributed by atoms with van der Waals surface area (Å²) < 4.78 is 0. The number of para-hydroxylation sites is 1. The Hall–Kier alpha value is -3.15. The van der Waals surface area contributed by atoms with E-state index in [-0.39, 0.29) is 31.1 Å². The number of rotatable bonds is 8. The Morgan fingerprint density at radius 2 is 1.62 bits per heavy atom. The summed E-state index contributed by atoms with van der Waals surface area (Å²) in [5, 5.41) is 11.3. The van der Waals surface area contributed by atoms with Gasteiger partial charge in [-0.05, 0) is 24.1 Å². The molecule has 0 heterocycles. The van der Waals surface area contributed by atoms with Gasteiger partial charge in [0.05, 0.1) is 11.3 Å². The summed E-state index contributed by atoms with van der Waals surface area (Å²) in [6.45, 7) is 0.459. The normalized spacial score (nSPS) is 10.2. The van der Waals surface area contributed by atoms with Gasteiger partial charge in [0.2, 0.25) is 5.91 Å². The molecule has 0 radical (unpaired) electrons. The fraction of sp³-hybridized carbons (Fsp3) is 0.250. The molecule has 2 aromatic carbocycles. The first kappa shape index (κ1) is 19.2. The lowest BCUT2D eigenvalue weighted by atomic mass is 10.1. The number of nitrogens with zero attached hydrogens (tertiary/aromatic N) is 1. The highest BCUT2D eigenvalue weighted by atomic mass is 16.4. The smallest absolute Gasteiger partial charge is 0.303 e. The SMILES string of the molecule is CN(Cc1ccccc1)C(=O)c1ccccc1NC(=O)CCCC(=O)O. The number of nitrogens with one attached hydrogen (secondary N) is 1. The van der Waals surface area contributed by atoms with E-state index >= 15 is 0 Å². The second-order valence-corrected chi connectivity index (χ2v) is 5.99. The molecule has 2 rings (SSSR count). The molecule has 0 saturated heterocycles. The lowest BCUT2D eigenvalue weighted by Gasteiger charge is -2.19. The quantitative estimate of drug-likeness (QED) is 0.762. The van der Waals surface area contributed by atoms with Crippen LogP contribution in [0.2, 0.25) is 0 Å². The van der Waals surface area contributed by atoms with Gasteiger partial charge in [-0.1, -0.05) is 42.5 Å². The minimum Gasteiger partial charge on any atom is -0.481 e. The molecule has 6 nitrogen and oxygen atoms in total. The topological polar surface area (TPSA) is 86.7 Å². The van der Waals surface area contributed by atoms with E-state index in [1.807, 2.05) is 30.3 Å². The first-order chi connectivity index (χ1) is 12.5. The lowest BCUT2D eigenvalue weighted by molar-refractivity contribution is -0.137. The van der Waals surface area contributed by atoms with Gasteiger partial charge >= 0.3 is 5.97 Å². The molecule has 0 aromatic heterocycles. The van der Waals surface area contributed by atoms with Crippen LogP contribution < -0.4 is 5.32 Å². The number of amides is 2. The number of carbonyl (C=O) groups is 3. The molecule has 0 aliphatic rings. The van der Waals surface area contributed by atoms with E-state index in [0.29, 0.717) is 17.8 Å². The zero-order valence-electron chi connectivity index (χ0n) is 14.6. The van der Waals surface area contributed by atoms with E-state index in [2.05, 4.69) is 5.32 Å². The zero-order valence-corrected chi connectivity index (χ0v) is 14.6. The van der Waals surface area contributed by atoms with Crippen LogP contribution in [0.15, 0.2) is 54.6 Å². The highest BCUT2D eigenvalue weighted by molar-refractivity contribution is 6.03. The Labute approximate surface area is 152 Å². The molecule has 136 valence electrons. The third-order valence-electron chi connectivity index (χ3n) is 3.84. The zero-order chi connectivity index (χ0) is 18.9. The molecule has 0 unspecified atom stereocenters. The van der Waals surface area contributed by atoms with Crippen LogP contribution in [0, 0.1) is 0 Å². The Balaban J connectivity index is 2.03. The highest BCUT2D eigenvalue weighted by Crippen LogP contribution is 2.18. The number of carboxylic acid groups (broad SMARTS) is 1. The Morgan fingerprint density at radius 3 is 2.31 bits per heavy atom. The van der Waals surface area contributed by atoms with Crippen molar-refractivity contribution in [3.63, 3.8) is 0 Å². The Bertz CT molecular complexity index is 774. The molecule has 2 amide bonds. The average molecular weight is 354 g/mol. The maximum absolute atomic E-state index is 12.8. The van der Waals surface area contributed by atoms with Crippen LogP contribution in [0.1, 0.15) is 35.2 Å². The molecule has 0 aliphatic heterocycles. The molecule has 0 spiro atoms. The van der Waals surface area contributed by atoms with Gasteiger partial charge in [0, 0.05) is 26.4 Å². The molecular weight excluding hydrogens is 332 g/mol. The van der Waals surface area contributed by atoms with Crippen molar-refractivity contribution in [2.75, 3.05) is 12.4 Å². The highest BCUT2D eigenvalue weighted by Gasteiger charge is 2.17. The van der Waals surface area contributed by atoms with Gasteiger partial charge in [0.15, 0.2) is 0 Å². The van der Waals surface area contributed by atoms with Gasteiger partial charge < -0.3 is 15.3 Å². The first-order valence-corrected chi connectivity index (χ1v) is 8.37. The van der Waals surface area contributed by atoms with Crippen LogP contribution in [0.3, 0.4) is 0 Å². The fourth-order valence-electron chi connectivity index (χ4n) is 2.53. The van der Waals surface area contributed by atoms with Gasteiger partial charge in [-0.2, -0.15) is 0 Å². The number of hydrogen-bond donors (Lipinski definition) is 2. The second kappa shape index (κ2) is 9.36. The minimum absolute atomic E-state index is 0.0617. The van der Waals surface area contributed by atoms with Crippen LogP contribution in [-0.2, 0) is 16.1 Å². The van der Waals surface area contributed by atoms with Crippen molar-refractivity contribution in [1.29, 1.82) is 0 Å². The molecule has 0 atom stereocenters. The predicted molar refractivity (Wildman–Crippen MR) is 98.8 cm³/mol. The molecule has 2 aromatic rings. The number of anilines is 1. The van der Waals surface area contributed by atoms with E-state index in [0.717, 1.165) is 5.56 Å². The van der Waals surface area contributed by atoms with E-state index in [1.54, 1.807) is 36.2 Å². The summed E-state index contributed by atoms with van der Waals surface area (Å²) in [5.74, 6) is -1.44. The second-order valence-electron chi connectivity index (χ2n) is 5.99. The van der Waals surface area contributed by atoms with Crippen molar-refractivity contribution in [1.82, 2.24) is 4.90 Å². The Morgan fingerprint density at radius 1 is 0.962 bits per heavy atom. The average Bonchev–Trinajstić information content (AvgIpc) is 2.62. The van der Waals surface area contributed by atoms with E-state index in [9.17, 15) is 14.4 Å². The summed E-state index contributed by atoms with van der Waals surface area (Å²) in [4.78, 5) is 36.9. The largest absolute Gasteiger partial charge is 0.481 e. The van der Waals surface area contributed by atoms with Crippen molar-refractivity contribution in [2.45, 2.75) is 25.8 Å². The van der Waals surface area contributed by atoms with Crippen LogP contribution in [0.5, 0.6) is 0 Å². The lowest BCUT2D eigenvalue weighted by Crippen LogP contribution is -2.27. The maximum Gasteiger partial charge on any atom is 0.303 e. The number of benzene rings is 2. The molecule has 0 fully saturated rings. The maximum atomic E-state index is 12.8. The van der Waals surface area contributed by atoms with Crippen LogP contribution in [0.4, 0.5) is 5.69 Å². The Kier molecular flexibility index (Phi) is 6.91. The standard InChI is InChI=1S/C20H22N2O4/c1-22(14-15-8-3-2-4-9-15)20(26)16-10-5-6-11-17(16)21-18(23)12-7-13-19(24)25/h2-6,8-11H,7,12-14H2,1H3,(H,21,23)(H,24,25). The van der Waals surface area contributed by atoms with E-state index in [1.165, 1.54) is 0 Å². The minimum atomic E-state index is -0.934. The van der Waals surface area contributed by atoms with Crippen molar-refractivity contribution in [3.8, 4) is 0 Å². The molecule has 2 N–H and O–H groups in total. The van der Waals surface area contributed by atoms with Crippen LogP contribution in [0.25, 0.3) is 0 Å². The van der Waals surface area contributed by atoms with Crippen molar-refractivity contribution >= 4 is 23.5 Å². The first-order valence-electron chi connectivity index (χ1n) is 8.37. The van der Waals surface area contributed by atoms with Gasteiger partial charge in [0.1, 0.15) is 0 Å². The third kappa shape index (κ3) is 5.73. The summed E-state index contributed by atoms with van der Waals surface area (Å²) in [6, 6.07) is 16.4. The van der Waals surface area contributed by atoms with Crippen LogP contribution >= 0.6 is 0 Å². The number of carbonyl (C=O) groups excluding carboxylic acids is 2. The fourth-order valence-corrected chi connectivity index (χ4v) is 2.53. The summed E-state index contributed by atoms with van der Waals surface area (Å²) in [7, 11) is 1.71. The van der Waals surface area contributed by atoms with E-state index in [4.69, 9.17) is 5.11 Å². The summed E-state index contributed by atoms with van der Waals surface area (Å²) in [5.41, 5.74) is 1.84. The molecule has 26 heavy (non-hydrogen) atoms. The number of hydrogen-bond acceptors (Lipinski definition) is 3. The molecule has 0 bridgehead atoms. The number of aliphatic carboxylic acids is 1. The van der Waals surface area contributed by atoms with Gasteiger partial charge in [-0.25, -0.2) is 0 Å². The molecule has 0 saturated carbocycles. The van der Waals surface area contributed by atoms with Crippen molar-refractivity contribution in [2.24, 2.45) is 0 Å². The van der Waals surface area contributed by atoms with Gasteiger partial charge in [-0.15, -0.1) is 0 Å². The predicted octanol–water partition coefficient (Wildman–Crippen LogP) is 3.15. The van der Waals surface area contributed by atoms with Crippen LogP contribution in [-0.4, -0.2) is 34.8 Å². The molecule has 6 heteroatoms. The summed E-state index contributed by atoms with van der Waals surface area (Å²) >= 11 is 0.